The number of hydrogen-bond donors (Lipinski definition) is 2. The van der Waals surface area contributed by atoms with Gasteiger partial charge in [0.05, 0.1) is 6.42 Å². The van der Waals surface area contributed by atoms with E-state index in [-0.39, 0.29) is 4.64 Å². The first-order valence-electron chi connectivity index (χ1n) is 3.90. The Balaban J connectivity index is 2.85. The van der Waals surface area contributed by atoms with E-state index in [4.69, 9.17) is 18.0 Å². The summed E-state index contributed by atoms with van der Waals surface area (Å²) < 4.78 is 36.3. The monoisotopic (exact) mass is 222 g/mol. The molecule has 0 spiro atoms. The molecule has 0 aliphatic carbocycles. The van der Waals surface area contributed by atoms with E-state index in [1.807, 2.05) is 0 Å². The highest BCUT2D eigenvalue weighted by Gasteiger charge is 2.31. The fourth-order valence-corrected chi connectivity index (χ4v) is 1.37. The molecule has 0 aromatic carbocycles. The Morgan fingerprint density at radius 2 is 2.14 bits per heavy atom. The van der Waals surface area contributed by atoms with Crippen molar-refractivity contribution in [3.63, 3.8) is 0 Å². The minimum atomic E-state index is -4.27. The number of pyridine rings is 1. The maximum Gasteiger partial charge on any atom is 0.390 e. The third-order valence-corrected chi connectivity index (χ3v) is 2.05. The number of nitrogens with one attached hydrogen (secondary N) is 1. The van der Waals surface area contributed by atoms with E-state index in [9.17, 15) is 13.2 Å². The second-order valence-corrected chi connectivity index (χ2v) is 3.29. The molecule has 6 heteroatoms. The molecule has 0 saturated carbocycles. The van der Waals surface area contributed by atoms with Gasteiger partial charge in [0.25, 0.3) is 0 Å². The number of aromatic nitrogens is 1. The first-order chi connectivity index (χ1) is 6.40. The van der Waals surface area contributed by atoms with Gasteiger partial charge in [0.2, 0.25) is 0 Å². The zero-order valence-electron chi connectivity index (χ0n) is 7.14. The summed E-state index contributed by atoms with van der Waals surface area (Å²) in [7, 11) is 0. The third-order valence-electron chi connectivity index (χ3n) is 1.70. The van der Waals surface area contributed by atoms with Gasteiger partial charge in [0, 0.05) is 17.8 Å². The molecule has 1 atom stereocenters. The van der Waals surface area contributed by atoms with Crippen LogP contribution in [0.4, 0.5) is 13.2 Å². The largest absolute Gasteiger partial charge is 0.390 e. The second kappa shape index (κ2) is 4.10. The first-order valence-corrected chi connectivity index (χ1v) is 4.31. The van der Waals surface area contributed by atoms with Crippen LogP contribution in [0.15, 0.2) is 18.3 Å². The SMILES string of the molecule is N[C@@H](CC(F)(F)F)c1ccc[nH]c1=S. The molecule has 0 aliphatic rings. The fourth-order valence-electron chi connectivity index (χ4n) is 1.09. The topological polar surface area (TPSA) is 41.8 Å². The number of alkyl halides is 3. The molecule has 0 unspecified atom stereocenters. The van der Waals surface area contributed by atoms with E-state index in [2.05, 4.69) is 4.98 Å². The molecule has 0 radical (unpaired) electrons. The van der Waals surface area contributed by atoms with Crippen molar-refractivity contribution >= 4 is 12.2 Å². The average Bonchev–Trinajstić information content (AvgIpc) is 2.01. The van der Waals surface area contributed by atoms with Crippen molar-refractivity contribution in [2.24, 2.45) is 5.73 Å². The van der Waals surface area contributed by atoms with Gasteiger partial charge in [-0.15, -0.1) is 0 Å². The van der Waals surface area contributed by atoms with Crippen molar-refractivity contribution in [1.29, 1.82) is 0 Å². The van der Waals surface area contributed by atoms with E-state index in [1.54, 1.807) is 12.3 Å². The number of nitrogens with two attached hydrogens (primary N) is 1. The van der Waals surface area contributed by atoms with Gasteiger partial charge in [-0.05, 0) is 6.07 Å². The number of rotatable bonds is 2. The van der Waals surface area contributed by atoms with E-state index in [1.165, 1.54) is 6.07 Å². The van der Waals surface area contributed by atoms with Crippen LogP contribution in [0.1, 0.15) is 18.0 Å². The predicted octanol–water partition coefficient (Wildman–Crippen LogP) is 2.70. The Morgan fingerprint density at radius 3 is 2.64 bits per heavy atom. The van der Waals surface area contributed by atoms with Crippen LogP contribution >= 0.6 is 12.2 Å². The van der Waals surface area contributed by atoms with Crippen LogP contribution in [-0.4, -0.2) is 11.2 Å². The third kappa shape index (κ3) is 3.12. The van der Waals surface area contributed by atoms with Crippen LogP contribution < -0.4 is 5.73 Å². The zero-order valence-corrected chi connectivity index (χ0v) is 7.95. The Kier molecular flexibility index (Phi) is 3.28. The molecule has 3 N–H and O–H groups in total. The lowest BCUT2D eigenvalue weighted by Gasteiger charge is -2.13. The number of hydrogen-bond acceptors (Lipinski definition) is 2. The molecule has 0 aliphatic heterocycles. The molecule has 0 fully saturated rings. The van der Waals surface area contributed by atoms with E-state index in [0.29, 0.717) is 5.56 Å². The standard InChI is InChI=1S/C8H9F3N2S/c9-8(10,11)4-6(12)5-2-1-3-13-7(5)14/h1-3,6H,4,12H2,(H,13,14)/t6-/m0/s1. The minimum absolute atomic E-state index is 0.254. The Bertz CT molecular complexity index is 358. The van der Waals surface area contributed by atoms with Gasteiger partial charge >= 0.3 is 6.18 Å². The second-order valence-electron chi connectivity index (χ2n) is 2.88. The van der Waals surface area contributed by atoms with Gasteiger partial charge in [-0.25, -0.2) is 0 Å². The van der Waals surface area contributed by atoms with Crippen LogP contribution in [0, 0.1) is 4.64 Å². The Hall–Kier alpha value is -0.880. The van der Waals surface area contributed by atoms with Crippen molar-refractivity contribution in [2.45, 2.75) is 18.6 Å². The quantitative estimate of drug-likeness (QED) is 0.755. The van der Waals surface area contributed by atoms with E-state index in [0.717, 1.165) is 0 Å². The molecular formula is C8H9F3N2S. The van der Waals surface area contributed by atoms with Crippen LogP contribution in [0.2, 0.25) is 0 Å². The predicted molar refractivity (Wildman–Crippen MR) is 49.2 cm³/mol. The lowest BCUT2D eigenvalue weighted by molar-refractivity contribution is -0.138. The Morgan fingerprint density at radius 1 is 1.50 bits per heavy atom. The molecule has 78 valence electrons. The summed E-state index contributed by atoms with van der Waals surface area (Å²) in [4.78, 5) is 2.63. The maximum atomic E-state index is 12.0. The molecule has 1 rings (SSSR count). The van der Waals surface area contributed by atoms with Crippen molar-refractivity contribution in [1.82, 2.24) is 4.98 Å². The van der Waals surface area contributed by atoms with E-state index < -0.39 is 18.6 Å². The lowest BCUT2D eigenvalue weighted by atomic mass is 10.1. The minimum Gasteiger partial charge on any atom is -0.353 e. The van der Waals surface area contributed by atoms with Gasteiger partial charge < -0.3 is 10.7 Å². The molecule has 1 heterocycles. The highest BCUT2D eigenvalue weighted by Crippen LogP contribution is 2.27. The highest BCUT2D eigenvalue weighted by atomic mass is 32.1. The molecular weight excluding hydrogens is 213 g/mol. The lowest BCUT2D eigenvalue weighted by Crippen LogP contribution is -2.20. The number of aromatic amines is 1. The van der Waals surface area contributed by atoms with Gasteiger partial charge in [-0.1, -0.05) is 18.3 Å². The first kappa shape index (κ1) is 11.2. The summed E-state index contributed by atoms with van der Waals surface area (Å²) >= 11 is 4.81. The molecule has 14 heavy (non-hydrogen) atoms. The number of halogens is 3. The van der Waals surface area contributed by atoms with Crippen LogP contribution in [0.25, 0.3) is 0 Å². The van der Waals surface area contributed by atoms with Crippen LogP contribution in [0.3, 0.4) is 0 Å². The van der Waals surface area contributed by atoms with Crippen LogP contribution in [0.5, 0.6) is 0 Å². The molecule has 0 saturated heterocycles. The van der Waals surface area contributed by atoms with Crippen molar-refractivity contribution in [3.05, 3.63) is 28.5 Å². The highest BCUT2D eigenvalue weighted by molar-refractivity contribution is 7.71. The van der Waals surface area contributed by atoms with Gasteiger partial charge in [-0.3, -0.25) is 0 Å². The summed E-state index contributed by atoms with van der Waals surface area (Å²) in [6, 6.07) is 1.97. The molecule has 0 amide bonds. The summed E-state index contributed by atoms with van der Waals surface area (Å²) in [6.07, 6.45) is -3.78. The van der Waals surface area contributed by atoms with E-state index >= 15 is 0 Å². The smallest absolute Gasteiger partial charge is 0.353 e. The molecule has 1 aromatic rings. The summed E-state index contributed by atoms with van der Waals surface area (Å²) in [5.41, 5.74) is 5.69. The van der Waals surface area contributed by atoms with Gasteiger partial charge in [0.1, 0.15) is 4.64 Å². The van der Waals surface area contributed by atoms with Crippen molar-refractivity contribution in [3.8, 4) is 0 Å². The maximum absolute atomic E-state index is 12.0. The molecule has 2 nitrogen and oxygen atoms in total. The van der Waals surface area contributed by atoms with Crippen molar-refractivity contribution in [2.75, 3.05) is 0 Å². The average molecular weight is 222 g/mol. The summed E-state index contributed by atoms with van der Waals surface area (Å²) in [6.45, 7) is 0. The van der Waals surface area contributed by atoms with Crippen molar-refractivity contribution < 1.29 is 13.2 Å². The fraction of sp³-hybridized carbons (Fsp3) is 0.375. The van der Waals surface area contributed by atoms with Gasteiger partial charge in [0.15, 0.2) is 0 Å². The Labute approximate surface area is 83.9 Å². The van der Waals surface area contributed by atoms with Gasteiger partial charge in [-0.2, -0.15) is 13.2 Å². The number of H-pyrrole nitrogens is 1. The summed E-state index contributed by atoms with van der Waals surface area (Å²) in [5, 5.41) is 0. The normalized spacial score (nSPS) is 14.0. The summed E-state index contributed by atoms with van der Waals surface area (Å²) in [5.74, 6) is 0. The molecule has 1 aromatic heterocycles. The molecule has 0 bridgehead atoms. The van der Waals surface area contributed by atoms with Crippen LogP contribution in [-0.2, 0) is 0 Å². The zero-order chi connectivity index (χ0) is 10.8.